The predicted molar refractivity (Wildman–Crippen MR) is 131 cm³/mol. The fourth-order valence-electron chi connectivity index (χ4n) is 3.64. The highest BCUT2D eigenvalue weighted by atomic mass is 16.5. The Balaban J connectivity index is 1.52. The Hall–Kier alpha value is -3.85. The fourth-order valence-corrected chi connectivity index (χ4v) is 3.64. The highest BCUT2D eigenvalue weighted by Crippen LogP contribution is 2.25. The molecule has 0 atom stereocenters. The van der Waals surface area contributed by atoms with Gasteiger partial charge in [-0.3, -0.25) is 4.79 Å². The van der Waals surface area contributed by atoms with Gasteiger partial charge in [0.1, 0.15) is 18.1 Å². The zero-order valence-corrected chi connectivity index (χ0v) is 18.6. The minimum absolute atomic E-state index is 0.0280. The molecule has 0 spiro atoms. The van der Waals surface area contributed by atoms with Crippen LogP contribution in [-0.2, 0) is 6.61 Å². The predicted octanol–water partition coefficient (Wildman–Crippen LogP) is 6.94. The van der Waals surface area contributed by atoms with Crippen molar-refractivity contribution in [3.8, 4) is 11.5 Å². The highest BCUT2D eigenvalue weighted by molar-refractivity contribution is 6.08. The molecule has 3 heteroatoms. The van der Waals surface area contributed by atoms with E-state index in [1.54, 1.807) is 13.2 Å². The summed E-state index contributed by atoms with van der Waals surface area (Å²) in [5.74, 6) is 1.59. The maximum Gasteiger partial charge on any atom is 0.185 e. The molecule has 0 radical (unpaired) electrons. The number of aryl methyl sites for hydroxylation is 2. The van der Waals surface area contributed by atoms with Crippen LogP contribution in [0.15, 0.2) is 84.9 Å². The maximum atomic E-state index is 12.7. The summed E-state index contributed by atoms with van der Waals surface area (Å²) < 4.78 is 11.6. The first-order valence-corrected chi connectivity index (χ1v) is 10.6. The first-order chi connectivity index (χ1) is 15.5. The van der Waals surface area contributed by atoms with E-state index in [1.807, 2.05) is 86.7 Å². The number of methoxy groups -OCH3 is 1. The highest BCUT2D eigenvalue weighted by Gasteiger charge is 2.08. The monoisotopic (exact) mass is 422 g/mol. The van der Waals surface area contributed by atoms with Crippen molar-refractivity contribution in [2.45, 2.75) is 20.5 Å². The lowest BCUT2D eigenvalue weighted by Crippen LogP contribution is -2.01. The van der Waals surface area contributed by atoms with Gasteiger partial charge in [-0.15, -0.1) is 0 Å². The van der Waals surface area contributed by atoms with Crippen molar-refractivity contribution in [1.29, 1.82) is 0 Å². The van der Waals surface area contributed by atoms with Crippen molar-refractivity contribution in [2.24, 2.45) is 0 Å². The van der Waals surface area contributed by atoms with Crippen molar-refractivity contribution in [3.05, 3.63) is 113 Å². The summed E-state index contributed by atoms with van der Waals surface area (Å²) in [7, 11) is 1.65. The quantitative estimate of drug-likeness (QED) is 0.239. The molecule has 0 saturated carbocycles. The molecular formula is C29H26O3. The third kappa shape index (κ3) is 4.89. The van der Waals surface area contributed by atoms with Gasteiger partial charge in [0, 0.05) is 11.1 Å². The number of allylic oxidation sites excluding steroid dienone is 1. The molecule has 0 N–H and O–H groups in total. The molecular weight excluding hydrogens is 396 g/mol. The van der Waals surface area contributed by atoms with E-state index < -0.39 is 0 Å². The van der Waals surface area contributed by atoms with E-state index in [1.165, 1.54) is 0 Å². The minimum Gasteiger partial charge on any atom is -0.496 e. The largest absolute Gasteiger partial charge is 0.496 e. The minimum atomic E-state index is -0.0280. The third-order valence-electron chi connectivity index (χ3n) is 5.49. The van der Waals surface area contributed by atoms with Gasteiger partial charge >= 0.3 is 0 Å². The smallest absolute Gasteiger partial charge is 0.185 e. The summed E-state index contributed by atoms with van der Waals surface area (Å²) in [5, 5.41) is 2.18. The molecule has 3 nitrogen and oxygen atoms in total. The van der Waals surface area contributed by atoms with Crippen LogP contribution in [-0.4, -0.2) is 12.9 Å². The lowest BCUT2D eigenvalue weighted by atomic mass is 10.0. The summed E-state index contributed by atoms with van der Waals surface area (Å²) in [6.07, 6.45) is 3.44. The topological polar surface area (TPSA) is 35.5 Å². The average molecular weight is 423 g/mol. The Morgan fingerprint density at radius 2 is 1.66 bits per heavy atom. The number of carbonyl (C=O) groups is 1. The second-order valence-corrected chi connectivity index (χ2v) is 7.89. The molecule has 0 aliphatic rings. The van der Waals surface area contributed by atoms with E-state index in [-0.39, 0.29) is 5.78 Å². The van der Waals surface area contributed by atoms with Crippen LogP contribution in [0.2, 0.25) is 0 Å². The average Bonchev–Trinajstić information content (AvgIpc) is 2.82. The van der Waals surface area contributed by atoms with E-state index >= 15 is 0 Å². The first kappa shape index (κ1) is 21.4. The van der Waals surface area contributed by atoms with Crippen molar-refractivity contribution in [2.75, 3.05) is 7.11 Å². The number of hydrogen-bond acceptors (Lipinski definition) is 3. The second-order valence-electron chi connectivity index (χ2n) is 7.89. The van der Waals surface area contributed by atoms with Crippen LogP contribution in [0.3, 0.4) is 0 Å². The SMILES string of the molecule is COc1ccc(/C=C/C(=O)c2ccc3ccccc3c2)cc1COc1cc(C)ccc1C. The number of ether oxygens (including phenoxy) is 2. The zero-order valence-electron chi connectivity index (χ0n) is 18.6. The molecule has 0 bridgehead atoms. The molecule has 4 aromatic rings. The van der Waals surface area contributed by atoms with Crippen LogP contribution >= 0.6 is 0 Å². The fraction of sp³-hybridized carbons (Fsp3) is 0.138. The Morgan fingerprint density at radius 1 is 0.844 bits per heavy atom. The number of rotatable bonds is 7. The molecule has 4 rings (SSSR count). The van der Waals surface area contributed by atoms with Crippen LogP contribution in [0, 0.1) is 13.8 Å². The number of benzene rings is 4. The molecule has 0 aromatic heterocycles. The maximum absolute atomic E-state index is 12.7. The molecule has 0 fully saturated rings. The second kappa shape index (κ2) is 9.52. The summed E-state index contributed by atoms with van der Waals surface area (Å²) >= 11 is 0. The van der Waals surface area contributed by atoms with Crippen molar-refractivity contribution in [1.82, 2.24) is 0 Å². The van der Waals surface area contributed by atoms with E-state index in [9.17, 15) is 4.79 Å². The molecule has 0 aliphatic heterocycles. The van der Waals surface area contributed by atoms with Crippen molar-refractivity contribution >= 4 is 22.6 Å². The molecule has 32 heavy (non-hydrogen) atoms. The lowest BCUT2D eigenvalue weighted by Gasteiger charge is -2.13. The number of hydrogen-bond donors (Lipinski definition) is 0. The van der Waals surface area contributed by atoms with Crippen LogP contribution < -0.4 is 9.47 Å². The van der Waals surface area contributed by atoms with Gasteiger partial charge in [0.25, 0.3) is 0 Å². The number of carbonyl (C=O) groups excluding carboxylic acids is 1. The summed E-state index contributed by atoms with van der Waals surface area (Å²) in [6, 6.07) is 25.8. The molecule has 0 unspecified atom stereocenters. The summed E-state index contributed by atoms with van der Waals surface area (Å²) in [4.78, 5) is 12.7. The van der Waals surface area contributed by atoms with E-state index in [4.69, 9.17) is 9.47 Å². The lowest BCUT2D eigenvalue weighted by molar-refractivity contribution is 0.104. The van der Waals surface area contributed by atoms with E-state index in [0.29, 0.717) is 12.2 Å². The Bertz CT molecular complexity index is 1300. The third-order valence-corrected chi connectivity index (χ3v) is 5.49. The van der Waals surface area contributed by atoms with Crippen LogP contribution in [0.4, 0.5) is 0 Å². The van der Waals surface area contributed by atoms with Gasteiger partial charge in [0.05, 0.1) is 7.11 Å². The van der Waals surface area contributed by atoms with Gasteiger partial charge in [0.2, 0.25) is 0 Å². The summed E-state index contributed by atoms with van der Waals surface area (Å²) in [5.41, 5.74) is 4.76. The Kier molecular flexibility index (Phi) is 6.37. The zero-order chi connectivity index (χ0) is 22.5. The number of fused-ring (bicyclic) bond motifs is 1. The van der Waals surface area contributed by atoms with Crippen LogP contribution in [0.5, 0.6) is 11.5 Å². The van der Waals surface area contributed by atoms with Gasteiger partial charge in [0.15, 0.2) is 5.78 Å². The normalized spacial score (nSPS) is 11.1. The molecule has 0 saturated heterocycles. The van der Waals surface area contributed by atoms with Gasteiger partial charge in [-0.2, -0.15) is 0 Å². The van der Waals surface area contributed by atoms with Crippen LogP contribution in [0.25, 0.3) is 16.8 Å². The molecule has 160 valence electrons. The Labute approximate surface area is 188 Å². The standard InChI is InChI=1S/C29H26O3/c1-20-8-9-21(2)29(16-20)32-19-26-17-22(11-15-28(26)31-3)10-14-27(30)25-13-12-23-6-4-5-7-24(23)18-25/h4-18H,19H2,1-3H3/b14-10+. The molecule has 4 aromatic carbocycles. The number of ketones is 1. The van der Waals surface area contributed by atoms with E-state index in [2.05, 4.69) is 12.1 Å². The van der Waals surface area contributed by atoms with Crippen molar-refractivity contribution < 1.29 is 14.3 Å². The van der Waals surface area contributed by atoms with E-state index in [0.717, 1.165) is 44.5 Å². The summed E-state index contributed by atoms with van der Waals surface area (Å²) in [6.45, 7) is 4.46. The van der Waals surface area contributed by atoms with Gasteiger partial charge in [-0.05, 0) is 71.7 Å². The van der Waals surface area contributed by atoms with Gasteiger partial charge in [-0.1, -0.05) is 60.7 Å². The molecule has 0 heterocycles. The van der Waals surface area contributed by atoms with Crippen LogP contribution in [0.1, 0.15) is 32.6 Å². The van der Waals surface area contributed by atoms with Crippen molar-refractivity contribution in [3.63, 3.8) is 0 Å². The molecule has 0 aliphatic carbocycles. The Morgan fingerprint density at radius 3 is 2.47 bits per heavy atom. The molecule has 0 amide bonds. The van der Waals surface area contributed by atoms with Gasteiger partial charge in [-0.25, -0.2) is 0 Å². The van der Waals surface area contributed by atoms with Gasteiger partial charge < -0.3 is 9.47 Å². The first-order valence-electron chi connectivity index (χ1n) is 10.6.